The summed E-state index contributed by atoms with van der Waals surface area (Å²) in [6.45, 7) is 8.22. The van der Waals surface area contributed by atoms with Crippen LogP contribution < -0.4 is 5.32 Å². The van der Waals surface area contributed by atoms with Crippen molar-refractivity contribution in [2.24, 2.45) is 5.92 Å². The molecule has 124 valence electrons. The number of amides is 2. The molecule has 0 saturated heterocycles. The number of likely N-dealkylation sites (N-methyl/N-ethyl adjacent to an activating group) is 1. The zero-order valence-corrected chi connectivity index (χ0v) is 14.1. The molecule has 0 aliphatic heterocycles. The first kappa shape index (κ1) is 19.7. The smallest absolute Gasteiger partial charge is 0.317 e. The molecule has 0 rings (SSSR count). The van der Waals surface area contributed by atoms with Crippen LogP contribution in [0, 0.1) is 5.92 Å². The van der Waals surface area contributed by atoms with Gasteiger partial charge in [-0.3, -0.25) is 4.79 Å². The molecule has 0 aromatic carbocycles. The van der Waals surface area contributed by atoms with Gasteiger partial charge >= 0.3 is 12.0 Å². The first-order chi connectivity index (χ1) is 9.76. The first-order valence-electron chi connectivity index (χ1n) is 7.68. The standard InChI is InChI=1S/C15H31N3O3/c1-6-7-13(10-14(19)20)16-15(21)18(11-12(2)3)9-8-17(4)5/h12-13H,6-11H2,1-5H3,(H,16,21)(H,19,20). The molecule has 0 radical (unpaired) electrons. The van der Waals surface area contributed by atoms with E-state index in [4.69, 9.17) is 5.11 Å². The number of rotatable bonds is 10. The van der Waals surface area contributed by atoms with E-state index >= 15 is 0 Å². The molecule has 0 aromatic heterocycles. The zero-order chi connectivity index (χ0) is 16.4. The summed E-state index contributed by atoms with van der Waals surface area (Å²) in [6.07, 6.45) is 1.50. The number of aliphatic carboxylic acids is 1. The van der Waals surface area contributed by atoms with Crippen molar-refractivity contribution in [1.29, 1.82) is 0 Å². The van der Waals surface area contributed by atoms with Crippen LogP contribution >= 0.6 is 0 Å². The minimum Gasteiger partial charge on any atom is -0.481 e. The molecular weight excluding hydrogens is 270 g/mol. The molecule has 0 bridgehead atoms. The summed E-state index contributed by atoms with van der Waals surface area (Å²) < 4.78 is 0. The minimum atomic E-state index is -0.877. The van der Waals surface area contributed by atoms with E-state index in [2.05, 4.69) is 19.2 Å². The highest BCUT2D eigenvalue weighted by molar-refractivity contribution is 5.76. The molecule has 2 N–H and O–H groups in total. The molecule has 0 spiro atoms. The Morgan fingerprint density at radius 3 is 2.24 bits per heavy atom. The summed E-state index contributed by atoms with van der Waals surface area (Å²) in [6, 6.07) is -0.459. The van der Waals surface area contributed by atoms with Crippen molar-refractivity contribution in [3.8, 4) is 0 Å². The van der Waals surface area contributed by atoms with Gasteiger partial charge in [0.25, 0.3) is 0 Å². The van der Waals surface area contributed by atoms with Crippen LogP contribution in [0.25, 0.3) is 0 Å². The summed E-state index contributed by atoms with van der Waals surface area (Å²) in [5, 5.41) is 11.8. The lowest BCUT2D eigenvalue weighted by atomic mass is 10.1. The first-order valence-corrected chi connectivity index (χ1v) is 7.68. The van der Waals surface area contributed by atoms with E-state index in [1.54, 1.807) is 4.90 Å². The van der Waals surface area contributed by atoms with E-state index in [-0.39, 0.29) is 18.5 Å². The van der Waals surface area contributed by atoms with E-state index in [1.807, 2.05) is 25.9 Å². The van der Waals surface area contributed by atoms with E-state index < -0.39 is 5.97 Å². The lowest BCUT2D eigenvalue weighted by molar-refractivity contribution is -0.137. The van der Waals surface area contributed by atoms with Crippen molar-refractivity contribution in [2.45, 2.75) is 46.1 Å². The molecule has 0 aromatic rings. The number of nitrogens with zero attached hydrogens (tertiary/aromatic N) is 2. The normalized spacial score (nSPS) is 12.5. The second-order valence-corrected chi connectivity index (χ2v) is 6.18. The lowest BCUT2D eigenvalue weighted by Crippen LogP contribution is -2.48. The van der Waals surface area contributed by atoms with Crippen LogP contribution in [0.3, 0.4) is 0 Å². The predicted molar refractivity (Wildman–Crippen MR) is 84.4 cm³/mol. The lowest BCUT2D eigenvalue weighted by Gasteiger charge is -2.28. The zero-order valence-electron chi connectivity index (χ0n) is 14.1. The maximum absolute atomic E-state index is 12.4. The molecule has 0 aliphatic rings. The quantitative estimate of drug-likeness (QED) is 0.646. The summed E-state index contributed by atoms with van der Waals surface area (Å²) in [7, 11) is 3.94. The second-order valence-electron chi connectivity index (χ2n) is 6.18. The van der Waals surface area contributed by atoms with Gasteiger partial charge in [0.2, 0.25) is 0 Å². The topological polar surface area (TPSA) is 72.9 Å². The van der Waals surface area contributed by atoms with Crippen LogP contribution in [0.5, 0.6) is 0 Å². The van der Waals surface area contributed by atoms with Crippen molar-refractivity contribution in [1.82, 2.24) is 15.1 Å². The van der Waals surface area contributed by atoms with Gasteiger partial charge in [0.1, 0.15) is 0 Å². The van der Waals surface area contributed by atoms with Crippen molar-refractivity contribution >= 4 is 12.0 Å². The van der Waals surface area contributed by atoms with Gasteiger partial charge in [0, 0.05) is 25.7 Å². The van der Waals surface area contributed by atoms with Crippen LogP contribution in [-0.2, 0) is 4.79 Å². The second kappa shape index (κ2) is 10.4. The summed E-state index contributed by atoms with van der Waals surface area (Å²) in [5.41, 5.74) is 0. The highest BCUT2D eigenvalue weighted by atomic mass is 16.4. The maximum Gasteiger partial charge on any atom is 0.317 e. The summed E-state index contributed by atoms with van der Waals surface area (Å²) in [4.78, 5) is 27.0. The largest absolute Gasteiger partial charge is 0.481 e. The monoisotopic (exact) mass is 301 g/mol. The summed E-state index contributed by atoms with van der Waals surface area (Å²) >= 11 is 0. The number of urea groups is 1. The Hall–Kier alpha value is -1.30. The van der Waals surface area contributed by atoms with Gasteiger partial charge in [-0.05, 0) is 26.4 Å². The Bertz CT molecular complexity index is 319. The van der Waals surface area contributed by atoms with Crippen molar-refractivity contribution in [3.05, 3.63) is 0 Å². The highest BCUT2D eigenvalue weighted by Crippen LogP contribution is 2.05. The van der Waals surface area contributed by atoms with Crippen molar-refractivity contribution in [2.75, 3.05) is 33.7 Å². The van der Waals surface area contributed by atoms with Gasteiger partial charge in [-0.2, -0.15) is 0 Å². The molecule has 1 unspecified atom stereocenters. The third-order valence-electron chi connectivity index (χ3n) is 3.08. The van der Waals surface area contributed by atoms with Crippen LogP contribution in [0.15, 0.2) is 0 Å². The van der Waals surface area contributed by atoms with E-state index in [9.17, 15) is 9.59 Å². The van der Waals surface area contributed by atoms with Gasteiger partial charge in [-0.25, -0.2) is 4.79 Å². The molecule has 2 amide bonds. The molecule has 0 aliphatic carbocycles. The Labute approximate surface area is 128 Å². The highest BCUT2D eigenvalue weighted by Gasteiger charge is 2.20. The molecular formula is C15H31N3O3. The molecule has 0 heterocycles. The third-order valence-corrected chi connectivity index (χ3v) is 3.08. The maximum atomic E-state index is 12.4. The minimum absolute atomic E-state index is 0.0250. The Morgan fingerprint density at radius 2 is 1.81 bits per heavy atom. The van der Waals surface area contributed by atoms with Gasteiger partial charge < -0.3 is 20.2 Å². The van der Waals surface area contributed by atoms with Crippen LogP contribution in [0.4, 0.5) is 4.79 Å². The number of carbonyl (C=O) groups is 2. The average molecular weight is 301 g/mol. The number of hydrogen-bond acceptors (Lipinski definition) is 3. The molecule has 0 fully saturated rings. The average Bonchev–Trinajstić information content (AvgIpc) is 2.33. The van der Waals surface area contributed by atoms with Gasteiger partial charge in [0.15, 0.2) is 0 Å². The summed E-state index contributed by atoms with van der Waals surface area (Å²) in [5.74, 6) is -0.500. The SMILES string of the molecule is CCCC(CC(=O)O)NC(=O)N(CCN(C)C)CC(C)C. The van der Waals surface area contributed by atoms with Gasteiger partial charge in [-0.15, -0.1) is 0 Å². The third kappa shape index (κ3) is 10.1. The number of hydrogen-bond donors (Lipinski definition) is 2. The fraction of sp³-hybridized carbons (Fsp3) is 0.867. The molecule has 21 heavy (non-hydrogen) atoms. The Balaban J connectivity index is 4.62. The number of carbonyl (C=O) groups excluding carboxylic acids is 1. The van der Waals surface area contributed by atoms with E-state index in [1.165, 1.54) is 0 Å². The van der Waals surface area contributed by atoms with Crippen molar-refractivity contribution < 1.29 is 14.7 Å². The molecule has 1 atom stereocenters. The van der Waals surface area contributed by atoms with Crippen LogP contribution in [-0.4, -0.2) is 66.7 Å². The number of carboxylic acid groups (broad SMARTS) is 1. The number of nitrogens with one attached hydrogen (secondary N) is 1. The van der Waals surface area contributed by atoms with Gasteiger partial charge in [0.05, 0.1) is 6.42 Å². The van der Waals surface area contributed by atoms with Crippen LogP contribution in [0.2, 0.25) is 0 Å². The fourth-order valence-corrected chi connectivity index (χ4v) is 2.09. The molecule has 6 nitrogen and oxygen atoms in total. The van der Waals surface area contributed by atoms with Crippen molar-refractivity contribution in [3.63, 3.8) is 0 Å². The fourth-order valence-electron chi connectivity index (χ4n) is 2.09. The van der Waals surface area contributed by atoms with Gasteiger partial charge in [-0.1, -0.05) is 27.2 Å². The Kier molecular flexibility index (Phi) is 9.78. The van der Waals surface area contributed by atoms with E-state index in [0.717, 1.165) is 13.0 Å². The molecule has 6 heteroatoms. The Morgan fingerprint density at radius 1 is 1.19 bits per heavy atom. The number of carboxylic acids is 1. The predicted octanol–water partition coefficient (Wildman–Crippen LogP) is 1.86. The molecule has 0 saturated carbocycles. The van der Waals surface area contributed by atoms with E-state index in [0.29, 0.717) is 25.4 Å². The van der Waals surface area contributed by atoms with Crippen LogP contribution in [0.1, 0.15) is 40.0 Å².